The highest BCUT2D eigenvalue weighted by molar-refractivity contribution is 7.89. The lowest BCUT2D eigenvalue weighted by Gasteiger charge is -2.30. The van der Waals surface area contributed by atoms with Crippen molar-refractivity contribution in [1.82, 2.24) is 9.73 Å². The van der Waals surface area contributed by atoms with E-state index in [1.54, 1.807) is 24.5 Å². The fourth-order valence-electron chi connectivity index (χ4n) is 2.20. The molecule has 0 unspecified atom stereocenters. The van der Waals surface area contributed by atoms with Gasteiger partial charge >= 0.3 is 0 Å². The number of hydrazone groups is 1. The van der Waals surface area contributed by atoms with Gasteiger partial charge in [0.05, 0.1) is 17.9 Å². The third kappa shape index (κ3) is 4.36. The molecule has 1 saturated heterocycles. The van der Waals surface area contributed by atoms with E-state index < -0.39 is 10.0 Å². The lowest BCUT2D eigenvalue weighted by atomic mass is 9.99. The number of piperidine rings is 1. The Balaban J connectivity index is 1.90. The minimum atomic E-state index is -3.23. The van der Waals surface area contributed by atoms with Crippen molar-refractivity contribution in [1.29, 1.82) is 0 Å². The maximum absolute atomic E-state index is 12.0. The molecular formula is C13H19N3O3S2. The van der Waals surface area contributed by atoms with E-state index in [1.807, 2.05) is 16.8 Å². The van der Waals surface area contributed by atoms with Gasteiger partial charge in [0, 0.05) is 18.7 Å². The summed E-state index contributed by atoms with van der Waals surface area (Å²) >= 11 is 1.55. The number of sulfonamides is 1. The first-order valence-corrected chi connectivity index (χ1v) is 9.41. The minimum absolute atomic E-state index is 0.0671. The van der Waals surface area contributed by atoms with Crippen LogP contribution in [0, 0.1) is 5.92 Å². The fraction of sp³-hybridized carbons (Fsp3) is 0.538. The molecule has 0 spiro atoms. The van der Waals surface area contributed by atoms with Crippen molar-refractivity contribution < 1.29 is 13.2 Å². The van der Waals surface area contributed by atoms with Gasteiger partial charge in [-0.15, -0.1) is 0 Å². The summed E-state index contributed by atoms with van der Waals surface area (Å²) < 4.78 is 25.1. The number of rotatable bonds is 5. The van der Waals surface area contributed by atoms with Gasteiger partial charge in [-0.1, -0.05) is 0 Å². The van der Waals surface area contributed by atoms with E-state index in [2.05, 4.69) is 10.5 Å². The van der Waals surface area contributed by atoms with Crippen molar-refractivity contribution in [2.24, 2.45) is 11.0 Å². The molecule has 21 heavy (non-hydrogen) atoms. The van der Waals surface area contributed by atoms with Crippen molar-refractivity contribution in [3.8, 4) is 0 Å². The predicted molar refractivity (Wildman–Crippen MR) is 83.8 cm³/mol. The predicted octanol–water partition coefficient (Wildman–Crippen LogP) is 1.26. The Morgan fingerprint density at radius 2 is 2.43 bits per heavy atom. The molecule has 8 heteroatoms. The smallest absolute Gasteiger partial charge is 0.244 e. The summed E-state index contributed by atoms with van der Waals surface area (Å²) in [6, 6.07) is 1.90. The van der Waals surface area contributed by atoms with E-state index in [0.717, 1.165) is 5.56 Å². The quantitative estimate of drug-likeness (QED) is 0.652. The molecule has 0 radical (unpaired) electrons. The Morgan fingerprint density at radius 3 is 3.10 bits per heavy atom. The monoisotopic (exact) mass is 329 g/mol. The molecule has 6 nitrogen and oxygen atoms in total. The van der Waals surface area contributed by atoms with Crippen LogP contribution in [0.3, 0.4) is 0 Å². The molecule has 0 aromatic carbocycles. The van der Waals surface area contributed by atoms with Crippen LogP contribution >= 0.6 is 11.3 Å². The topological polar surface area (TPSA) is 78.8 Å². The van der Waals surface area contributed by atoms with E-state index in [9.17, 15) is 13.2 Å². The van der Waals surface area contributed by atoms with Crippen LogP contribution in [-0.4, -0.2) is 43.7 Å². The molecule has 116 valence electrons. The zero-order valence-electron chi connectivity index (χ0n) is 11.9. The molecule has 2 heterocycles. The zero-order chi connectivity index (χ0) is 15.3. The molecule has 0 saturated carbocycles. The molecule has 1 fully saturated rings. The largest absolute Gasteiger partial charge is 0.273 e. The van der Waals surface area contributed by atoms with Crippen LogP contribution in [0.1, 0.15) is 25.3 Å². The highest BCUT2D eigenvalue weighted by Gasteiger charge is 2.31. The highest BCUT2D eigenvalue weighted by Crippen LogP contribution is 2.19. The molecular weight excluding hydrogens is 310 g/mol. The highest BCUT2D eigenvalue weighted by atomic mass is 32.2. The Morgan fingerprint density at radius 1 is 1.62 bits per heavy atom. The number of hydrogen-bond acceptors (Lipinski definition) is 5. The summed E-state index contributed by atoms with van der Waals surface area (Å²) in [5, 5.41) is 7.76. The molecule has 1 aliphatic rings. The lowest BCUT2D eigenvalue weighted by Crippen LogP contribution is -2.45. The van der Waals surface area contributed by atoms with Crippen molar-refractivity contribution in [2.75, 3.05) is 18.8 Å². The van der Waals surface area contributed by atoms with Gasteiger partial charge in [-0.25, -0.2) is 18.1 Å². The Labute approximate surface area is 128 Å². The van der Waals surface area contributed by atoms with Gasteiger partial charge in [0.15, 0.2) is 0 Å². The third-order valence-electron chi connectivity index (χ3n) is 3.44. The fourth-order valence-corrected chi connectivity index (χ4v) is 3.99. The van der Waals surface area contributed by atoms with Crippen LogP contribution in [0.5, 0.6) is 0 Å². The summed E-state index contributed by atoms with van der Waals surface area (Å²) in [5.74, 6) is -0.491. The molecule has 0 bridgehead atoms. The minimum Gasteiger partial charge on any atom is -0.273 e. The standard InChI is InChI=1S/C13H19N3O3S2/c1-2-21(18,19)16-6-3-4-12(9-16)13(17)15-14-8-11-5-7-20-10-11/h5,7-8,10,12H,2-4,6,9H2,1H3,(H,15,17)/b14-8-/t12-/m0/s1. The van der Waals surface area contributed by atoms with Gasteiger partial charge in [0.2, 0.25) is 15.9 Å². The van der Waals surface area contributed by atoms with E-state index in [0.29, 0.717) is 19.4 Å². The Hall–Kier alpha value is -1.25. The number of amides is 1. The average Bonchev–Trinajstić information content (AvgIpc) is 3.00. The lowest BCUT2D eigenvalue weighted by molar-refractivity contribution is -0.126. The van der Waals surface area contributed by atoms with E-state index in [4.69, 9.17) is 0 Å². The first-order chi connectivity index (χ1) is 10.0. The summed E-state index contributed by atoms with van der Waals surface area (Å²) in [6.45, 7) is 2.36. The second kappa shape index (κ2) is 7.15. The van der Waals surface area contributed by atoms with Crippen LogP contribution in [0.25, 0.3) is 0 Å². The zero-order valence-corrected chi connectivity index (χ0v) is 13.5. The van der Waals surface area contributed by atoms with Crippen LogP contribution in [0.2, 0.25) is 0 Å². The number of hydrogen-bond donors (Lipinski definition) is 1. The van der Waals surface area contributed by atoms with E-state index in [1.165, 1.54) is 4.31 Å². The second-order valence-electron chi connectivity index (χ2n) is 4.89. The van der Waals surface area contributed by atoms with Gasteiger partial charge in [-0.2, -0.15) is 16.4 Å². The molecule has 1 N–H and O–H groups in total. The van der Waals surface area contributed by atoms with Crippen molar-refractivity contribution in [3.05, 3.63) is 22.4 Å². The van der Waals surface area contributed by atoms with Gasteiger partial charge in [-0.3, -0.25) is 4.79 Å². The van der Waals surface area contributed by atoms with Crippen LogP contribution in [-0.2, 0) is 14.8 Å². The SMILES string of the molecule is CCS(=O)(=O)N1CCC[C@H](C(=O)N/N=C\c2ccsc2)C1. The summed E-state index contributed by atoms with van der Waals surface area (Å²) in [5.41, 5.74) is 3.42. The van der Waals surface area contributed by atoms with Crippen LogP contribution in [0.15, 0.2) is 21.9 Å². The molecule has 1 aliphatic heterocycles. The second-order valence-corrected chi connectivity index (χ2v) is 7.93. The van der Waals surface area contributed by atoms with Gasteiger partial charge in [0.1, 0.15) is 0 Å². The van der Waals surface area contributed by atoms with Crippen molar-refractivity contribution in [2.45, 2.75) is 19.8 Å². The Bertz CT molecular complexity index is 596. The van der Waals surface area contributed by atoms with Crippen LogP contribution < -0.4 is 5.43 Å². The molecule has 1 aromatic rings. The molecule has 1 atom stereocenters. The van der Waals surface area contributed by atoms with Gasteiger partial charge < -0.3 is 0 Å². The summed E-state index contributed by atoms with van der Waals surface area (Å²) in [7, 11) is -3.23. The summed E-state index contributed by atoms with van der Waals surface area (Å²) in [4.78, 5) is 12.0. The first kappa shape index (κ1) is 16.1. The van der Waals surface area contributed by atoms with E-state index in [-0.39, 0.29) is 24.1 Å². The molecule has 2 rings (SSSR count). The normalized spacial score (nSPS) is 20.7. The van der Waals surface area contributed by atoms with Crippen LogP contribution in [0.4, 0.5) is 0 Å². The Kier molecular flexibility index (Phi) is 5.49. The third-order valence-corrected chi connectivity index (χ3v) is 5.99. The molecule has 1 aromatic heterocycles. The van der Waals surface area contributed by atoms with E-state index >= 15 is 0 Å². The van der Waals surface area contributed by atoms with Crippen molar-refractivity contribution in [3.63, 3.8) is 0 Å². The first-order valence-electron chi connectivity index (χ1n) is 6.86. The number of carbonyl (C=O) groups excluding carboxylic acids is 1. The van der Waals surface area contributed by atoms with Crippen molar-refractivity contribution >= 4 is 33.5 Å². The number of nitrogens with zero attached hydrogens (tertiary/aromatic N) is 2. The number of carbonyl (C=O) groups is 1. The number of thiophene rings is 1. The maximum Gasteiger partial charge on any atom is 0.244 e. The number of nitrogens with one attached hydrogen (secondary N) is 1. The van der Waals surface area contributed by atoms with Gasteiger partial charge in [-0.05, 0) is 36.6 Å². The van der Waals surface area contributed by atoms with Gasteiger partial charge in [0.25, 0.3) is 0 Å². The summed E-state index contributed by atoms with van der Waals surface area (Å²) in [6.07, 6.45) is 2.97. The molecule has 0 aliphatic carbocycles. The maximum atomic E-state index is 12.0. The average molecular weight is 329 g/mol. The molecule has 1 amide bonds.